The quantitative estimate of drug-likeness (QED) is 0.437. The van der Waals surface area contributed by atoms with Crippen LogP contribution >= 0.6 is 23.2 Å². The minimum absolute atomic E-state index is 0.0933. The van der Waals surface area contributed by atoms with Gasteiger partial charge in [0.25, 0.3) is 17.7 Å². The number of amides is 3. The molecule has 6 nitrogen and oxygen atoms in total. The molecule has 1 N–H and O–H groups in total. The van der Waals surface area contributed by atoms with Gasteiger partial charge in [0.1, 0.15) is 16.5 Å². The summed E-state index contributed by atoms with van der Waals surface area (Å²) in [6, 6.07) is 16.5. The van der Waals surface area contributed by atoms with Crippen molar-refractivity contribution >= 4 is 58.0 Å². The molecule has 0 fully saturated rings. The van der Waals surface area contributed by atoms with Crippen LogP contribution in [0.2, 0.25) is 5.02 Å². The molecule has 5 rings (SSSR count). The lowest BCUT2D eigenvalue weighted by Gasteiger charge is -2.29. The summed E-state index contributed by atoms with van der Waals surface area (Å²) in [5.41, 5.74) is 3.59. The van der Waals surface area contributed by atoms with Crippen molar-refractivity contribution in [3.8, 4) is 0 Å². The summed E-state index contributed by atoms with van der Waals surface area (Å²) in [7, 11) is 0. The molecule has 0 unspecified atom stereocenters. The molecule has 0 spiro atoms. The van der Waals surface area contributed by atoms with Crippen LogP contribution in [0.25, 0.3) is 0 Å². The average molecular weight is 524 g/mol. The van der Waals surface area contributed by atoms with Crippen molar-refractivity contribution in [1.29, 1.82) is 0 Å². The van der Waals surface area contributed by atoms with Crippen LogP contribution in [0, 0.1) is 12.7 Å². The van der Waals surface area contributed by atoms with E-state index in [0.29, 0.717) is 17.8 Å². The number of carbonyl (C=O) groups excluding carboxylic acids is 3. The highest BCUT2D eigenvalue weighted by Gasteiger charge is 2.39. The van der Waals surface area contributed by atoms with E-state index >= 15 is 0 Å². The molecular weight excluding hydrogens is 504 g/mol. The van der Waals surface area contributed by atoms with Crippen molar-refractivity contribution in [1.82, 2.24) is 0 Å². The smallest absolute Gasteiger partial charge is 0.283 e. The van der Waals surface area contributed by atoms with Crippen LogP contribution < -0.4 is 15.1 Å². The Kier molecular flexibility index (Phi) is 6.28. The SMILES string of the molecule is Cc1ccc(C(=O)N2CCCc3ccccc32)cc1NC1=C(Cl)C(=O)N(c2ccc(F)c(Cl)c2)C1=O. The molecule has 3 aromatic carbocycles. The number of carbonyl (C=O) groups is 3. The number of rotatable bonds is 4. The number of nitrogens with one attached hydrogen (secondary N) is 1. The molecule has 0 atom stereocenters. The fourth-order valence-corrected chi connectivity index (χ4v) is 4.78. The number of aryl methyl sites for hydroxylation is 2. The lowest BCUT2D eigenvalue weighted by atomic mass is 10.0. The zero-order valence-corrected chi connectivity index (χ0v) is 20.7. The minimum atomic E-state index is -0.762. The Morgan fingerprint density at radius 3 is 2.56 bits per heavy atom. The number of imide groups is 1. The molecular formula is C27H20Cl2FN3O3. The first-order valence-corrected chi connectivity index (χ1v) is 12.0. The second-order valence-corrected chi connectivity index (χ2v) is 9.36. The monoisotopic (exact) mass is 523 g/mol. The summed E-state index contributed by atoms with van der Waals surface area (Å²) in [5, 5.41) is 2.39. The fourth-order valence-electron chi connectivity index (χ4n) is 4.39. The van der Waals surface area contributed by atoms with Gasteiger partial charge in [-0.2, -0.15) is 0 Å². The van der Waals surface area contributed by atoms with Gasteiger partial charge in [-0.1, -0.05) is 47.5 Å². The van der Waals surface area contributed by atoms with Crippen LogP contribution in [0.3, 0.4) is 0 Å². The van der Waals surface area contributed by atoms with Crippen molar-refractivity contribution in [3.63, 3.8) is 0 Å². The first-order chi connectivity index (χ1) is 17.3. The maximum Gasteiger partial charge on any atom is 0.283 e. The number of halogens is 3. The van der Waals surface area contributed by atoms with Crippen molar-refractivity contribution < 1.29 is 18.8 Å². The Morgan fingerprint density at radius 1 is 1.00 bits per heavy atom. The maximum atomic E-state index is 13.6. The van der Waals surface area contributed by atoms with Gasteiger partial charge in [0.15, 0.2) is 0 Å². The number of nitrogens with zero attached hydrogens (tertiary/aromatic N) is 2. The lowest BCUT2D eigenvalue weighted by molar-refractivity contribution is -0.120. The van der Waals surface area contributed by atoms with E-state index in [1.807, 2.05) is 24.3 Å². The summed E-state index contributed by atoms with van der Waals surface area (Å²) in [4.78, 5) is 41.9. The van der Waals surface area contributed by atoms with Gasteiger partial charge < -0.3 is 10.2 Å². The Balaban J connectivity index is 1.43. The molecule has 3 aromatic rings. The van der Waals surface area contributed by atoms with Crippen LogP contribution in [0.4, 0.5) is 21.5 Å². The minimum Gasteiger partial charge on any atom is -0.349 e. The van der Waals surface area contributed by atoms with Gasteiger partial charge in [0.2, 0.25) is 0 Å². The molecule has 0 bridgehead atoms. The predicted octanol–water partition coefficient (Wildman–Crippen LogP) is 5.82. The molecule has 2 heterocycles. The zero-order valence-electron chi connectivity index (χ0n) is 19.1. The molecule has 2 aliphatic heterocycles. The van der Waals surface area contributed by atoms with E-state index in [1.165, 1.54) is 12.1 Å². The second kappa shape index (κ2) is 9.41. The van der Waals surface area contributed by atoms with Crippen LogP contribution in [0.15, 0.2) is 71.4 Å². The van der Waals surface area contributed by atoms with Crippen LogP contribution in [-0.2, 0) is 16.0 Å². The summed E-state index contributed by atoms with van der Waals surface area (Å²) in [5.74, 6) is -2.32. The van der Waals surface area contributed by atoms with E-state index in [2.05, 4.69) is 5.32 Å². The topological polar surface area (TPSA) is 69.7 Å². The fraction of sp³-hybridized carbons (Fsp3) is 0.148. The third-order valence-corrected chi connectivity index (χ3v) is 6.93. The van der Waals surface area contributed by atoms with E-state index in [1.54, 1.807) is 30.0 Å². The average Bonchev–Trinajstić information content (AvgIpc) is 3.09. The van der Waals surface area contributed by atoms with Crippen LogP contribution in [0.5, 0.6) is 0 Å². The Hall–Kier alpha value is -3.68. The summed E-state index contributed by atoms with van der Waals surface area (Å²) in [6.07, 6.45) is 1.78. The molecule has 9 heteroatoms. The third-order valence-electron chi connectivity index (χ3n) is 6.29. The van der Waals surface area contributed by atoms with Gasteiger partial charge in [-0.3, -0.25) is 14.4 Å². The first-order valence-electron chi connectivity index (χ1n) is 11.3. The van der Waals surface area contributed by atoms with Gasteiger partial charge in [-0.15, -0.1) is 0 Å². The second-order valence-electron chi connectivity index (χ2n) is 8.58. The number of para-hydroxylation sites is 1. The van der Waals surface area contributed by atoms with Crippen molar-refractivity contribution in [2.75, 3.05) is 21.7 Å². The highest BCUT2D eigenvalue weighted by molar-refractivity contribution is 6.53. The molecule has 0 aromatic heterocycles. The normalized spacial score (nSPS) is 15.4. The molecule has 0 saturated heterocycles. The van der Waals surface area contributed by atoms with Gasteiger partial charge >= 0.3 is 0 Å². The highest BCUT2D eigenvalue weighted by atomic mass is 35.5. The van der Waals surface area contributed by atoms with Crippen molar-refractivity contribution in [2.45, 2.75) is 19.8 Å². The number of hydrogen-bond acceptors (Lipinski definition) is 4. The summed E-state index contributed by atoms with van der Waals surface area (Å²) >= 11 is 12.1. The largest absolute Gasteiger partial charge is 0.349 e. The predicted molar refractivity (Wildman–Crippen MR) is 138 cm³/mol. The molecule has 36 heavy (non-hydrogen) atoms. The lowest BCUT2D eigenvalue weighted by Crippen LogP contribution is -2.35. The Morgan fingerprint density at radius 2 is 1.78 bits per heavy atom. The molecule has 0 radical (unpaired) electrons. The van der Waals surface area contributed by atoms with E-state index in [-0.39, 0.29) is 27.3 Å². The van der Waals surface area contributed by atoms with Gasteiger partial charge in [0, 0.05) is 23.5 Å². The highest BCUT2D eigenvalue weighted by Crippen LogP contribution is 2.33. The maximum absolute atomic E-state index is 13.6. The van der Waals surface area contributed by atoms with Gasteiger partial charge in [-0.05, 0) is 67.3 Å². The molecule has 0 saturated carbocycles. The molecule has 0 aliphatic carbocycles. The van der Waals surface area contributed by atoms with E-state index in [9.17, 15) is 18.8 Å². The molecule has 2 aliphatic rings. The number of hydrogen-bond donors (Lipinski definition) is 1. The standard InChI is InChI=1S/C27H20Cl2FN3O3/c1-15-8-9-17(25(34)32-12-4-6-16-5-2-3-7-22(16)32)13-21(15)31-24-23(29)26(35)33(27(24)36)18-10-11-20(30)19(28)14-18/h2-3,5,7-11,13-14,31H,4,6,12H2,1H3. The summed E-state index contributed by atoms with van der Waals surface area (Å²) < 4.78 is 13.6. The third kappa shape index (κ3) is 4.14. The Labute approximate surface area is 216 Å². The van der Waals surface area contributed by atoms with E-state index in [4.69, 9.17) is 23.2 Å². The number of anilines is 3. The molecule has 3 amide bonds. The zero-order chi connectivity index (χ0) is 25.6. The first kappa shape index (κ1) is 24.0. The van der Waals surface area contributed by atoms with Crippen molar-refractivity contribution in [2.24, 2.45) is 0 Å². The summed E-state index contributed by atoms with van der Waals surface area (Å²) in [6.45, 7) is 2.41. The van der Waals surface area contributed by atoms with Crippen LogP contribution in [-0.4, -0.2) is 24.3 Å². The Bertz CT molecular complexity index is 1470. The van der Waals surface area contributed by atoms with E-state index < -0.39 is 17.6 Å². The number of benzene rings is 3. The van der Waals surface area contributed by atoms with Crippen molar-refractivity contribution in [3.05, 3.63) is 98.9 Å². The molecule has 182 valence electrons. The van der Waals surface area contributed by atoms with Crippen LogP contribution in [0.1, 0.15) is 27.9 Å². The van der Waals surface area contributed by atoms with Gasteiger partial charge in [0.05, 0.1) is 10.7 Å². The van der Waals surface area contributed by atoms with E-state index in [0.717, 1.165) is 40.6 Å². The van der Waals surface area contributed by atoms with Gasteiger partial charge in [-0.25, -0.2) is 9.29 Å². The number of fused-ring (bicyclic) bond motifs is 1.